The largest absolute Gasteiger partial charge is 0.504 e. The predicted octanol–water partition coefficient (Wildman–Crippen LogP) is 2.79. The van der Waals surface area contributed by atoms with E-state index >= 15 is 0 Å². The Morgan fingerprint density at radius 2 is 1.85 bits per heavy atom. The Morgan fingerprint density at radius 3 is 2.55 bits per heavy atom. The van der Waals surface area contributed by atoms with Crippen LogP contribution >= 0.6 is 0 Å². The molecule has 0 aliphatic heterocycles. The van der Waals surface area contributed by atoms with Gasteiger partial charge in [-0.1, -0.05) is 18.2 Å². The molecular weight excluding hydrogens is 261 g/mol. The van der Waals surface area contributed by atoms with Crippen LogP contribution in [-0.4, -0.2) is 15.3 Å². The molecule has 1 atom stereocenters. The van der Waals surface area contributed by atoms with Crippen molar-refractivity contribution in [2.75, 3.05) is 0 Å². The number of aromatic hydroxyl groups is 3. The molecule has 0 aromatic heterocycles. The van der Waals surface area contributed by atoms with Gasteiger partial charge in [-0.3, -0.25) is 0 Å². The first-order valence-electron chi connectivity index (χ1n) is 6.20. The molecule has 0 aliphatic rings. The Bertz CT molecular complexity index is 616. The molecule has 0 fully saturated rings. The Labute approximate surface area is 116 Å². The SMILES string of the molecule is C[C@H](NCc1ccc(O)c(O)c1O)c1cccc(F)c1. The summed E-state index contributed by atoms with van der Waals surface area (Å²) in [5.41, 5.74) is 1.23. The number of benzene rings is 2. The summed E-state index contributed by atoms with van der Waals surface area (Å²) in [6.07, 6.45) is 0. The van der Waals surface area contributed by atoms with Crippen molar-refractivity contribution < 1.29 is 19.7 Å². The molecule has 0 amide bonds. The highest BCUT2D eigenvalue weighted by Gasteiger charge is 2.12. The number of halogens is 1. The summed E-state index contributed by atoms with van der Waals surface area (Å²) in [5.74, 6) is -1.57. The predicted molar refractivity (Wildman–Crippen MR) is 73.1 cm³/mol. The van der Waals surface area contributed by atoms with Gasteiger partial charge in [0, 0.05) is 18.2 Å². The molecule has 0 bridgehead atoms. The maximum absolute atomic E-state index is 13.1. The van der Waals surface area contributed by atoms with E-state index in [9.17, 15) is 19.7 Å². The van der Waals surface area contributed by atoms with Crippen LogP contribution in [0.4, 0.5) is 4.39 Å². The molecule has 2 aromatic carbocycles. The van der Waals surface area contributed by atoms with Crippen LogP contribution in [-0.2, 0) is 6.54 Å². The third kappa shape index (κ3) is 3.00. The molecule has 0 unspecified atom stereocenters. The van der Waals surface area contributed by atoms with Gasteiger partial charge in [0.25, 0.3) is 0 Å². The van der Waals surface area contributed by atoms with E-state index in [0.29, 0.717) is 5.56 Å². The molecule has 20 heavy (non-hydrogen) atoms. The summed E-state index contributed by atoms with van der Waals surface area (Å²) < 4.78 is 13.1. The Kier molecular flexibility index (Phi) is 4.10. The summed E-state index contributed by atoms with van der Waals surface area (Å²) in [6, 6.07) is 8.93. The topological polar surface area (TPSA) is 72.7 Å². The summed E-state index contributed by atoms with van der Waals surface area (Å²) in [7, 11) is 0. The van der Waals surface area contributed by atoms with Gasteiger partial charge < -0.3 is 20.6 Å². The first-order valence-corrected chi connectivity index (χ1v) is 6.20. The first-order chi connectivity index (χ1) is 9.49. The van der Waals surface area contributed by atoms with Crippen molar-refractivity contribution in [3.63, 3.8) is 0 Å². The molecule has 106 valence electrons. The van der Waals surface area contributed by atoms with Crippen LogP contribution < -0.4 is 5.32 Å². The van der Waals surface area contributed by atoms with Crippen molar-refractivity contribution >= 4 is 0 Å². The number of nitrogens with one attached hydrogen (secondary N) is 1. The number of hydrogen-bond acceptors (Lipinski definition) is 4. The fraction of sp³-hybridized carbons (Fsp3) is 0.200. The maximum atomic E-state index is 13.1. The van der Waals surface area contributed by atoms with Crippen LogP contribution in [0, 0.1) is 5.82 Å². The number of rotatable bonds is 4. The van der Waals surface area contributed by atoms with Crippen molar-refractivity contribution in [2.24, 2.45) is 0 Å². The van der Waals surface area contributed by atoms with Crippen molar-refractivity contribution in [2.45, 2.75) is 19.5 Å². The lowest BCUT2D eigenvalue weighted by atomic mass is 10.1. The van der Waals surface area contributed by atoms with Gasteiger partial charge in [0.05, 0.1) is 0 Å². The minimum Gasteiger partial charge on any atom is -0.504 e. The third-order valence-electron chi connectivity index (χ3n) is 3.16. The van der Waals surface area contributed by atoms with Gasteiger partial charge in [-0.25, -0.2) is 4.39 Å². The van der Waals surface area contributed by atoms with E-state index in [4.69, 9.17) is 0 Å². The Morgan fingerprint density at radius 1 is 1.10 bits per heavy atom. The lowest BCUT2D eigenvalue weighted by molar-refractivity contribution is 0.363. The smallest absolute Gasteiger partial charge is 0.200 e. The first kappa shape index (κ1) is 14.1. The maximum Gasteiger partial charge on any atom is 0.200 e. The van der Waals surface area contributed by atoms with Crippen molar-refractivity contribution in [3.05, 3.63) is 53.3 Å². The van der Waals surface area contributed by atoms with Gasteiger partial charge in [-0.15, -0.1) is 0 Å². The Hall–Kier alpha value is -2.27. The fourth-order valence-electron chi connectivity index (χ4n) is 1.91. The molecule has 0 saturated carbocycles. The molecule has 0 radical (unpaired) electrons. The zero-order valence-corrected chi connectivity index (χ0v) is 11.0. The van der Waals surface area contributed by atoms with Crippen molar-refractivity contribution in [1.29, 1.82) is 0 Å². The van der Waals surface area contributed by atoms with Gasteiger partial charge in [-0.2, -0.15) is 0 Å². The zero-order valence-electron chi connectivity index (χ0n) is 11.0. The zero-order chi connectivity index (χ0) is 14.7. The molecule has 0 aliphatic carbocycles. The van der Waals surface area contributed by atoms with Gasteiger partial charge in [-0.05, 0) is 30.7 Å². The molecule has 0 heterocycles. The third-order valence-corrected chi connectivity index (χ3v) is 3.16. The van der Waals surface area contributed by atoms with Crippen molar-refractivity contribution in [3.8, 4) is 17.2 Å². The standard InChI is InChI=1S/C15H16FNO3/c1-9(10-3-2-4-12(16)7-10)17-8-11-5-6-13(18)15(20)14(11)19/h2-7,9,17-20H,8H2,1H3/t9-/m0/s1. The number of phenols is 3. The summed E-state index contributed by atoms with van der Waals surface area (Å²) >= 11 is 0. The van der Waals surface area contributed by atoms with Gasteiger partial charge >= 0.3 is 0 Å². The summed E-state index contributed by atoms with van der Waals surface area (Å²) in [5, 5.41) is 31.5. The van der Waals surface area contributed by atoms with Crippen molar-refractivity contribution in [1.82, 2.24) is 5.32 Å². The molecular formula is C15H16FNO3. The van der Waals surface area contributed by atoms with Crippen LogP contribution in [0.3, 0.4) is 0 Å². The van der Waals surface area contributed by atoms with E-state index in [1.165, 1.54) is 24.3 Å². The minimum atomic E-state index is -0.539. The van der Waals surface area contributed by atoms with E-state index < -0.39 is 5.75 Å². The highest BCUT2D eigenvalue weighted by Crippen LogP contribution is 2.37. The number of phenolic OH excluding ortho intramolecular Hbond substituents is 3. The van der Waals surface area contributed by atoms with E-state index in [2.05, 4.69) is 5.32 Å². The normalized spacial score (nSPS) is 12.3. The molecule has 2 aromatic rings. The summed E-state index contributed by atoms with van der Waals surface area (Å²) in [4.78, 5) is 0. The van der Waals surface area contributed by atoms with Crippen LogP contribution in [0.5, 0.6) is 17.2 Å². The molecule has 2 rings (SSSR count). The lowest BCUT2D eigenvalue weighted by Crippen LogP contribution is -2.18. The van der Waals surface area contributed by atoms with Crippen LogP contribution in [0.25, 0.3) is 0 Å². The highest BCUT2D eigenvalue weighted by molar-refractivity contribution is 5.53. The van der Waals surface area contributed by atoms with E-state index in [-0.39, 0.29) is 29.9 Å². The van der Waals surface area contributed by atoms with E-state index in [0.717, 1.165) is 5.56 Å². The molecule has 0 saturated heterocycles. The second-order valence-electron chi connectivity index (χ2n) is 4.60. The van der Waals surface area contributed by atoms with Gasteiger partial charge in [0.1, 0.15) is 5.82 Å². The van der Waals surface area contributed by atoms with Gasteiger partial charge in [0.2, 0.25) is 5.75 Å². The van der Waals surface area contributed by atoms with Crippen LogP contribution in [0.15, 0.2) is 36.4 Å². The quantitative estimate of drug-likeness (QED) is 0.648. The lowest BCUT2D eigenvalue weighted by Gasteiger charge is -2.15. The highest BCUT2D eigenvalue weighted by atomic mass is 19.1. The summed E-state index contributed by atoms with van der Waals surface area (Å²) in [6.45, 7) is 2.14. The fourth-order valence-corrected chi connectivity index (χ4v) is 1.91. The monoisotopic (exact) mass is 277 g/mol. The molecule has 0 spiro atoms. The second-order valence-corrected chi connectivity index (χ2v) is 4.60. The Balaban J connectivity index is 2.07. The second kappa shape index (κ2) is 5.79. The van der Waals surface area contributed by atoms with Gasteiger partial charge in [0.15, 0.2) is 11.5 Å². The average molecular weight is 277 g/mol. The molecule has 4 nitrogen and oxygen atoms in total. The van der Waals surface area contributed by atoms with E-state index in [1.54, 1.807) is 12.1 Å². The molecule has 4 N–H and O–H groups in total. The molecule has 5 heteroatoms. The van der Waals surface area contributed by atoms with Crippen LogP contribution in [0.2, 0.25) is 0 Å². The number of hydrogen-bond donors (Lipinski definition) is 4. The van der Waals surface area contributed by atoms with E-state index in [1.807, 2.05) is 6.92 Å². The van der Waals surface area contributed by atoms with Crippen LogP contribution in [0.1, 0.15) is 24.1 Å². The minimum absolute atomic E-state index is 0.124. The average Bonchev–Trinajstić information content (AvgIpc) is 2.44.